The van der Waals surface area contributed by atoms with Gasteiger partial charge >= 0.3 is 5.97 Å². The Kier molecular flexibility index (Phi) is 3.80. The lowest BCUT2D eigenvalue weighted by Gasteiger charge is -2.23. The third kappa shape index (κ3) is 2.20. The molecule has 80 valence electrons. The van der Waals surface area contributed by atoms with Crippen LogP contribution >= 0.6 is 12.6 Å². The zero-order valence-electron chi connectivity index (χ0n) is 8.14. The lowest BCUT2D eigenvalue weighted by Crippen LogP contribution is -2.41. The van der Waals surface area contributed by atoms with Gasteiger partial charge in [-0.3, -0.25) is 4.79 Å². The molecule has 2 atom stereocenters. The number of carboxylic acids is 1. The van der Waals surface area contributed by atoms with Crippen molar-refractivity contribution in [3.8, 4) is 0 Å². The minimum Gasteiger partial charge on any atom is -0.480 e. The van der Waals surface area contributed by atoms with Crippen LogP contribution in [0, 0.1) is 5.92 Å². The zero-order valence-corrected chi connectivity index (χ0v) is 9.04. The van der Waals surface area contributed by atoms with E-state index in [9.17, 15) is 9.59 Å². The van der Waals surface area contributed by atoms with E-state index >= 15 is 0 Å². The molecule has 1 aliphatic heterocycles. The summed E-state index contributed by atoms with van der Waals surface area (Å²) >= 11 is 4.12. The molecule has 0 aliphatic carbocycles. The number of carboxylic acid groups (broad SMARTS) is 1. The number of carbonyl (C=O) groups excluding carboxylic acids is 1. The molecule has 4 nitrogen and oxygen atoms in total. The molecule has 1 saturated heterocycles. The van der Waals surface area contributed by atoms with Crippen LogP contribution in [0.2, 0.25) is 0 Å². The van der Waals surface area contributed by atoms with Gasteiger partial charge in [-0.15, -0.1) is 0 Å². The smallest absolute Gasteiger partial charge is 0.326 e. The summed E-state index contributed by atoms with van der Waals surface area (Å²) in [5.74, 6) is -0.128. The van der Waals surface area contributed by atoms with Crippen molar-refractivity contribution in [2.45, 2.75) is 25.8 Å². The van der Waals surface area contributed by atoms with Crippen LogP contribution in [0.5, 0.6) is 0 Å². The predicted octanol–water partition coefficient (Wildman–Crippen LogP) is 0.628. The SMILES string of the molecule is CCC(C(=O)O)N1CC(CS)CC1=O. The lowest BCUT2D eigenvalue weighted by molar-refractivity contribution is -0.148. The van der Waals surface area contributed by atoms with Gasteiger partial charge in [-0.1, -0.05) is 6.92 Å². The second-order valence-corrected chi connectivity index (χ2v) is 3.93. The van der Waals surface area contributed by atoms with Gasteiger partial charge in [-0.2, -0.15) is 12.6 Å². The van der Waals surface area contributed by atoms with E-state index < -0.39 is 12.0 Å². The van der Waals surface area contributed by atoms with Crippen LogP contribution in [0.15, 0.2) is 0 Å². The molecule has 1 aliphatic rings. The molecular weight excluding hydrogens is 202 g/mol. The maximum Gasteiger partial charge on any atom is 0.326 e. The summed E-state index contributed by atoms with van der Waals surface area (Å²) in [6, 6.07) is -0.660. The highest BCUT2D eigenvalue weighted by atomic mass is 32.1. The number of aliphatic carboxylic acids is 1. The quantitative estimate of drug-likeness (QED) is 0.679. The number of hydrogen-bond acceptors (Lipinski definition) is 3. The molecule has 14 heavy (non-hydrogen) atoms. The number of rotatable bonds is 4. The van der Waals surface area contributed by atoms with Crippen LogP contribution in [0.25, 0.3) is 0 Å². The summed E-state index contributed by atoms with van der Waals surface area (Å²) < 4.78 is 0. The normalized spacial score (nSPS) is 24.0. The van der Waals surface area contributed by atoms with Crippen LogP contribution in [0.3, 0.4) is 0 Å². The van der Waals surface area contributed by atoms with E-state index in [1.807, 2.05) is 0 Å². The third-order valence-corrected chi connectivity index (χ3v) is 3.06. The minimum absolute atomic E-state index is 0.0571. The number of nitrogens with zero attached hydrogens (tertiary/aromatic N) is 1. The standard InChI is InChI=1S/C9H15NO3S/c1-2-7(9(12)13)10-4-6(5-14)3-8(10)11/h6-7,14H,2-5H2,1H3,(H,12,13). The maximum atomic E-state index is 11.5. The summed E-state index contributed by atoms with van der Waals surface area (Å²) in [6.07, 6.45) is 0.896. The average Bonchev–Trinajstić information content (AvgIpc) is 2.48. The molecule has 1 rings (SSSR count). The Morgan fingerprint density at radius 2 is 2.43 bits per heavy atom. The second-order valence-electron chi connectivity index (χ2n) is 3.56. The predicted molar refractivity (Wildman–Crippen MR) is 55.4 cm³/mol. The highest BCUT2D eigenvalue weighted by molar-refractivity contribution is 7.80. The highest BCUT2D eigenvalue weighted by Gasteiger charge is 2.35. The highest BCUT2D eigenvalue weighted by Crippen LogP contribution is 2.22. The van der Waals surface area contributed by atoms with Gasteiger partial charge in [0.2, 0.25) is 5.91 Å². The van der Waals surface area contributed by atoms with Crippen molar-refractivity contribution in [2.75, 3.05) is 12.3 Å². The molecule has 0 saturated carbocycles. The first-order valence-corrected chi connectivity index (χ1v) is 5.36. The van der Waals surface area contributed by atoms with Crippen molar-refractivity contribution < 1.29 is 14.7 Å². The summed E-state index contributed by atoms with van der Waals surface area (Å²) in [6.45, 7) is 2.31. The number of likely N-dealkylation sites (tertiary alicyclic amines) is 1. The van der Waals surface area contributed by atoms with Gasteiger partial charge < -0.3 is 10.0 Å². The fourth-order valence-electron chi connectivity index (χ4n) is 1.76. The molecule has 2 unspecified atom stereocenters. The van der Waals surface area contributed by atoms with Crippen molar-refractivity contribution in [3.63, 3.8) is 0 Å². The molecule has 1 N–H and O–H groups in total. The molecule has 1 fully saturated rings. The molecule has 0 bridgehead atoms. The summed E-state index contributed by atoms with van der Waals surface area (Å²) in [5, 5.41) is 8.90. The third-order valence-electron chi connectivity index (χ3n) is 2.54. The monoisotopic (exact) mass is 217 g/mol. The molecular formula is C9H15NO3S. The van der Waals surface area contributed by atoms with E-state index in [1.54, 1.807) is 6.92 Å². The number of hydrogen-bond donors (Lipinski definition) is 2. The maximum absolute atomic E-state index is 11.5. The van der Waals surface area contributed by atoms with E-state index in [4.69, 9.17) is 5.11 Å². The Morgan fingerprint density at radius 3 is 2.79 bits per heavy atom. The lowest BCUT2D eigenvalue weighted by atomic mass is 10.1. The molecule has 0 aromatic carbocycles. The van der Waals surface area contributed by atoms with E-state index in [1.165, 1.54) is 4.90 Å². The van der Waals surface area contributed by atoms with Crippen LogP contribution in [-0.4, -0.2) is 40.2 Å². The van der Waals surface area contributed by atoms with Crippen molar-refractivity contribution in [3.05, 3.63) is 0 Å². The first-order chi connectivity index (χ1) is 6.60. The Labute approximate surface area is 88.7 Å². The van der Waals surface area contributed by atoms with Gasteiger partial charge in [0.15, 0.2) is 0 Å². The van der Waals surface area contributed by atoms with Crippen LogP contribution in [0.1, 0.15) is 19.8 Å². The van der Waals surface area contributed by atoms with Crippen molar-refractivity contribution >= 4 is 24.5 Å². The molecule has 1 amide bonds. The van der Waals surface area contributed by atoms with Gasteiger partial charge in [0.05, 0.1) is 0 Å². The van der Waals surface area contributed by atoms with E-state index in [-0.39, 0.29) is 11.8 Å². The van der Waals surface area contributed by atoms with Gasteiger partial charge in [0.25, 0.3) is 0 Å². The molecule has 0 aromatic rings. The average molecular weight is 217 g/mol. The largest absolute Gasteiger partial charge is 0.480 e. The van der Waals surface area contributed by atoms with Gasteiger partial charge in [-0.05, 0) is 18.1 Å². The topological polar surface area (TPSA) is 57.6 Å². The Morgan fingerprint density at radius 1 is 1.79 bits per heavy atom. The van der Waals surface area contributed by atoms with Gasteiger partial charge in [0.1, 0.15) is 6.04 Å². The second kappa shape index (κ2) is 4.68. The Hall–Kier alpha value is -0.710. The van der Waals surface area contributed by atoms with Crippen LogP contribution in [0.4, 0.5) is 0 Å². The minimum atomic E-state index is -0.916. The van der Waals surface area contributed by atoms with E-state index in [2.05, 4.69) is 12.6 Å². The molecule has 0 radical (unpaired) electrons. The fraction of sp³-hybridized carbons (Fsp3) is 0.778. The number of thiol groups is 1. The van der Waals surface area contributed by atoms with Gasteiger partial charge in [0, 0.05) is 13.0 Å². The Bertz CT molecular complexity index is 244. The first kappa shape index (κ1) is 11.4. The molecule has 1 heterocycles. The van der Waals surface area contributed by atoms with Gasteiger partial charge in [-0.25, -0.2) is 4.79 Å². The summed E-state index contributed by atoms with van der Waals surface area (Å²) in [5.41, 5.74) is 0. The van der Waals surface area contributed by atoms with Crippen LogP contribution in [-0.2, 0) is 9.59 Å². The number of amides is 1. The van der Waals surface area contributed by atoms with Crippen molar-refractivity contribution in [1.29, 1.82) is 0 Å². The molecule has 5 heteroatoms. The van der Waals surface area contributed by atoms with E-state index in [0.717, 1.165) is 0 Å². The summed E-state index contributed by atoms with van der Waals surface area (Å²) in [7, 11) is 0. The molecule has 0 spiro atoms. The first-order valence-electron chi connectivity index (χ1n) is 4.73. The summed E-state index contributed by atoms with van der Waals surface area (Å²) in [4.78, 5) is 23.8. The fourth-order valence-corrected chi connectivity index (χ4v) is 2.00. The molecule has 0 aromatic heterocycles. The Balaban J connectivity index is 2.68. The van der Waals surface area contributed by atoms with Crippen molar-refractivity contribution in [1.82, 2.24) is 4.90 Å². The van der Waals surface area contributed by atoms with Crippen molar-refractivity contribution in [2.24, 2.45) is 5.92 Å². The zero-order chi connectivity index (χ0) is 10.7. The number of carbonyl (C=O) groups is 2. The van der Waals surface area contributed by atoms with E-state index in [0.29, 0.717) is 25.1 Å². The van der Waals surface area contributed by atoms with Crippen LogP contribution < -0.4 is 0 Å².